The molecule has 1 saturated heterocycles. The molecule has 1 N–H and O–H groups in total. The summed E-state index contributed by atoms with van der Waals surface area (Å²) in [6.45, 7) is 6.90. The van der Waals surface area contributed by atoms with E-state index in [2.05, 4.69) is 12.2 Å². The molecule has 1 amide bonds. The lowest BCUT2D eigenvalue weighted by Crippen LogP contribution is -2.52. The van der Waals surface area contributed by atoms with Gasteiger partial charge in [-0.1, -0.05) is 6.92 Å². The minimum atomic E-state index is 0.312. The molecule has 1 fully saturated rings. The van der Waals surface area contributed by atoms with Crippen LogP contribution in [0.2, 0.25) is 0 Å². The van der Waals surface area contributed by atoms with Crippen molar-refractivity contribution >= 4 is 5.91 Å². The summed E-state index contributed by atoms with van der Waals surface area (Å²) >= 11 is 0. The van der Waals surface area contributed by atoms with E-state index in [1.807, 2.05) is 11.8 Å². The van der Waals surface area contributed by atoms with Crippen LogP contribution in [0.5, 0.6) is 0 Å². The Labute approximate surface area is 74.1 Å². The van der Waals surface area contributed by atoms with E-state index in [-0.39, 0.29) is 0 Å². The number of nitrogens with zero attached hydrogens (tertiary/aromatic N) is 1. The largest absolute Gasteiger partial charge is 0.337 e. The molecule has 0 aliphatic carbocycles. The molecule has 0 spiro atoms. The SMILES string of the molecule is CCCC(=O)N1CCNCC1C. The van der Waals surface area contributed by atoms with Crippen molar-refractivity contribution in [1.29, 1.82) is 0 Å². The van der Waals surface area contributed by atoms with Gasteiger partial charge in [0.1, 0.15) is 0 Å². The second-order valence-corrected chi connectivity index (χ2v) is 3.39. The highest BCUT2D eigenvalue weighted by Gasteiger charge is 2.21. The van der Waals surface area contributed by atoms with Crippen molar-refractivity contribution in [1.82, 2.24) is 10.2 Å². The van der Waals surface area contributed by atoms with Crippen LogP contribution in [-0.4, -0.2) is 36.5 Å². The van der Waals surface area contributed by atoms with E-state index in [4.69, 9.17) is 0 Å². The number of carbonyl (C=O) groups excluding carboxylic acids is 1. The van der Waals surface area contributed by atoms with Crippen LogP contribution in [0.15, 0.2) is 0 Å². The average molecular weight is 170 g/mol. The lowest BCUT2D eigenvalue weighted by atomic mass is 10.2. The van der Waals surface area contributed by atoms with Gasteiger partial charge in [-0.25, -0.2) is 0 Å². The summed E-state index contributed by atoms with van der Waals surface area (Å²) in [6, 6.07) is 0.373. The van der Waals surface area contributed by atoms with Crippen LogP contribution in [0.4, 0.5) is 0 Å². The quantitative estimate of drug-likeness (QED) is 0.658. The van der Waals surface area contributed by atoms with Crippen LogP contribution in [0.25, 0.3) is 0 Å². The molecule has 12 heavy (non-hydrogen) atoms. The number of carbonyl (C=O) groups is 1. The van der Waals surface area contributed by atoms with Gasteiger partial charge in [0.05, 0.1) is 0 Å². The summed E-state index contributed by atoms with van der Waals surface area (Å²) in [4.78, 5) is 13.5. The van der Waals surface area contributed by atoms with E-state index < -0.39 is 0 Å². The maximum Gasteiger partial charge on any atom is 0.222 e. The van der Waals surface area contributed by atoms with Crippen molar-refractivity contribution in [2.75, 3.05) is 19.6 Å². The zero-order valence-electron chi connectivity index (χ0n) is 7.97. The van der Waals surface area contributed by atoms with E-state index in [9.17, 15) is 4.79 Å². The Bertz CT molecular complexity index is 159. The molecule has 1 unspecified atom stereocenters. The molecule has 1 rings (SSSR count). The van der Waals surface area contributed by atoms with Crippen LogP contribution < -0.4 is 5.32 Å². The van der Waals surface area contributed by atoms with Gasteiger partial charge in [0.25, 0.3) is 0 Å². The first-order chi connectivity index (χ1) is 5.75. The Hall–Kier alpha value is -0.570. The number of nitrogens with one attached hydrogen (secondary N) is 1. The van der Waals surface area contributed by atoms with Crippen molar-refractivity contribution < 1.29 is 4.79 Å². The Morgan fingerprint density at radius 3 is 3.00 bits per heavy atom. The molecule has 1 aliphatic heterocycles. The van der Waals surface area contributed by atoms with Crippen molar-refractivity contribution in [3.8, 4) is 0 Å². The van der Waals surface area contributed by atoms with Gasteiger partial charge in [0, 0.05) is 32.1 Å². The summed E-state index contributed by atoms with van der Waals surface area (Å²) in [7, 11) is 0. The first kappa shape index (κ1) is 9.52. The Morgan fingerprint density at radius 2 is 2.42 bits per heavy atom. The van der Waals surface area contributed by atoms with Gasteiger partial charge >= 0.3 is 0 Å². The highest BCUT2D eigenvalue weighted by molar-refractivity contribution is 5.76. The fraction of sp³-hybridized carbons (Fsp3) is 0.889. The van der Waals surface area contributed by atoms with Crippen LogP contribution in [0, 0.1) is 0 Å². The van der Waals surface area contributed by atoms with Crippen LogP contribution in [0.1, 0.15) is 26.7 Å². The third-order valence-corrected chi connectivity index (χ3v) is 2.29. The van der Waals surface area contributed by atoms with Crippen molar-refractivity contribution in [2.24, 2.45) is 0 Å². The fourth-order valence-corrected chi connectivity index (χ4v) is 1.57. The van der Waals surface area contributed by atoms with E-state index in [0.29, 0.717) is 18.4 Å². The van der Waals surface area contributed by atoms with Crippen LogP contribution in [0.3, 0.4) is 0 Å². The molecule has 1 aliphatic rings. The topological polar surface area (TPSA) is 32.3 Å². The number of hydrogen-bond acceptors (Lipinski definition) is 2. The Morgan fingerprint density at radius 1 is 1.67 bits per heavy atom. The molecule has 1 atom stereocenters. The lowest BCUT2D eigenvalue weighted by molar-refractivity contribution is -0.133. The number of rotatable bonds is 2. The normalized spacial score (nSPS) is 24.2. The third kappa shape index (κ3) is 2.21. The van der Waals surface area contributed by atoms with Gasteiger partial charge in [-0.05, 0) is 13.3 Å². The molecular weight excluding hydrogens is 152 g/mol. The van der Waals surface area contributed by atoms with Crippen molar-refractivity contribution in [3.05, 3.63) is 0 Å². The third-order valence-electron chi connectivity index (χ3n) is 2.29. The van der Waals surface area contributed by atoms with Crippen molar-refractivity contribution in [2.45, 2.75) is 32.7 Å². The first-order valence-electron chi connectivity index (χ1n) is 4.76. The van der Waals surface area contributed by atoms with Crippen molar-refractivity contribution in [3.63, 3.8) is 0 Å². The molecule has 0 aromatic rings. The monoisotopic (exact) mass is 170 g/mol. The first-order valence-corrected chi connectivity index (χ1v) is 4.76. The smallest absolute Gasteiger partial charge is 0.222 e. The molecule has 3 heteroatoms. The zero-order chi connectivity index (χ0) is 8.97. The minimum Gasteiger partial charge on any atom is -0.337 e. The summed E-state index contributed by atoms with van der Waals surface area (Å²) in [5, 5.41) is 3.27. The zero-order valence-corrected chi connectivity index (χ0v) is 7.97. The fourth-order valence-electron chi connectivity index (χ4n) is 1.57. The number of amides is 1. The van der Waals surface area contributed by atoms with Gasteiger partial charge in [-0.2, -0.15) is 0 Å². The Balaban J connectivity index is 2.42. The van der Waals surface area contributed by atoms with E-state index in [0.717, 1.165) is 26.1 Å². The minimum absolute atomic E-state index is 0.312. The molecule has 0 aromatic carbocycles. The lowest BCUT2D eigenvalue weighted by Gasteiger charge is -2.34. The molecule has 1 heterocycles. The van der Waals surface area contributed by atoms with Gasteiger partial charge in [0.15, 0.2) is 0 Å². The van der Waals surface area contributed by atoms with E-state index in [1.54, 1.807) is 0 Å². The highest BCUT2D eigenvalue weighted by Crippen LogP contribution is 2.05. The van der Waals surface area contributed by atoms with Gasteiger partial charge < -0.3 is 10.2 Å². The molecule has 3 nitrogen and oxygen atoms in total. The second-order valence-electron chi connectivity index (χ2n) is 3.39. The molecule has 0 radical (unpaired) electrons. The maximum absolute atomic E-state index is 11.5. The summed E-state index contributed by atoms with van der Waals surface area (Å²) < 4.78 is 0. The van der Waals surface area contributed by atoms with Crippen LogP contribution >= 0.6 is 0 Å². The van der Waals surface area contributed by atoms with Gasteiger partial charge in [0.2, 0.25) is 5.91 Å². The maximum atomic E-state index is 11.5. The summed E-state index contributed by atoms with van der Waals surface area (Å²) in [5.41, 5.74) is 0. The summed E-state index contributed by atoms with van der Waals surface area (Å²) in [6.07, 6.45) is 1.65. The number of hydrogen-bond donors (Lipinski definition) is 1. The van der Waals surface area contributed by atoms with Crippen LogP contribution in [-0.2, 0) is 4.79 Å². The predicted molar refractivity (Wildman–Crippen MR) is 49.0 cm³/mol. The van der Waals surface area contributed by atoms with E-state index >= 15 is 0 Å². The molecule has 70 valence electrons. The number of piperazine rings is 1. The highest BCUT2D eigenvalue weighted by atomic mass is 16.2. The predicted octanol–water partition coefficient (Wildman–Crippen LogP) is 0.607. The molecule has 0 saturated carbocycles. The standard InChI is InChI=1S/C9H18N2O/c1-3-4-9(12)11-6-5-10-7-8(11)2/h8,10H,3-7H2,1-2H3. The second kappa shape index (κ2) is 4.45. The average Bonchev–Trinajstić information content (AvgIpc) is 2.05. The van der Waals surface area contributed by atoms with E-state index in [1.165, 1.54) is 0 Å². The summed E-state index contributed by atoms with van der Waals surface area (Å²) in [5.74, 6) is 0.312. The molecular formula is C9H18N2O. The van der Waals surface area contributed by atoms with Gasteiger partial charge in [-0.3, -0.25) is 4.79 Å². The Kier molecular flexibility index (Phi) is 3.53. The molecule has 0 aromatic heterocycles. The van der Waals surface area contributed by atoms with Gasteiger partial charge in [-0.15, -0.1) is 0 Å². The molecule has 0 bridgehead atoms.